The van der Waals surface area contributed by atoms with Gasteiger partial charge in [0, 0.05) is 35.7 Å². The molecule has 1 N–H and O–H groups in total. The van der Waals surface area contributed by atoms with E-state index in [1.165, 1.54) is 0 Å². The van der Waals surface area contributed by atoms with Crippen LogP contribution in [0.25, 0.3) is 22.2 Å². The molecule has 0 radical (unpaired) electrons. The second-order valence-electron chi connectivity index (χ2n) is 8.39. The molecule has 3 heterocycles. The highest BCUT2D eigenvalue weighted by molar-refractivity contribution is 6.01. The minimum absolute atomic E-state index is 0.0552. The van der Waals surface area contributed by atoms with Gasteiger partial charge < -0.3 is 4.90 Å². The molecule has 2 aromatic carbocycles. The number of carbonyl (C=O) groups excluding carboxylic acids is 1. The zero-order valence-electron chi connectivity index (χ0n) is 17.9. The van der Waals surface area contributed by atoms with Gasteiger partial charge in [-0.1, -0.05) is 41.5 Å². The molecule has 0 aliphatic carbocycles. The van der Waals surface area contributed by atoms with Crippen molar-refractivity contribution in [2.45, 2.75) is 32.7 Å². The van der Waals surface area contributed by atoms with Gasteiger partial charge >= 0.3 is 0 Å². The van der Waals surface area contributed by atoms with Crippen molar-refractivity contribution < 1.29 is 4.79 Å². The molecule has 0 fully saturated rings. The van der Waals surface area contributed by atoms with Crippen molar-refractivity contribution in [3.63, 3.8) is 0 Å². The van der Waals surface area contributed by atoms with Crippen LogP contribution in [0, 0.1) is 0 Å². The fraction of sp³-hybridized carbons (Fsp3) is 0.261. The third-order valence-electron chi connectivity index (χ3n) is 6.08. The van der Waals surface area contributed by atoms with Crippen LogP contribution in [0.4, 0.5) is 5.95 Å². The molecule has 1 aliphatic heterocycles. The van der Waals surface area contributed by atoms with Crippen molar-refractivity contribution in [3.05, 3.63) is 65.4 Å². The number of allylic oxidation sites excluding steroid dienone is 2. The Morgan fingerprint density at radius 1 is 1.13 bits per heavy atom. The molecule has 0 unspecified atom stereocenters. The Labute approximate surface area is 179 Å². The fourth-order valence-corrected chi connectivity index (χ4v) is 4.42. The molecule has 8 heteroatoms. The Morgan fingerprint density at radius 3 is 2.68 bits per heavy atom. The number of benzene rings is 2. The lowest BCUT2D eigenvalue weighted by atomic mass is 9.85. The first-order chi connectivity index (χ1) is 14.9. The number of Topliss-reactive ketones (excluding diaryl/α,β-unsaturated/α-hetero) is 1. The molecule has 31 heavy (non-hydrogen) atoms. The maximum Gasteiger partial charge on any atom is 0.250 e. The first-order valence-corrected chi connectivity index (χ1v) is 10.2. The molecule has 0 saturated carbocycles. The summed E-state index contributed by atoms with van der Waals surface area (Å²) in [6, 6.07) is 16.0. The van der Waals surface area contributed by atoms with E-state index in [1.54, 1.807) is 4.68 Å². The SMILES string of the molecule is CC1=C(C(=O)Cc2ccc3[nH]nc(-c4ccccc4)c3c2)C(C)(C)n2nnnc2N1C. The van der Waals surface area contributed by atoms with Crippen LogP contribution < -0.4 is 4.90 Å². The van der Waals surface area contributed by atoms with E-state index in [9.17, 15) is 4.79 Å². The van der Waals surface area contributed by atoms with Crippen molar-refractivity contribution in [2.75, 3.05) is 11.9 Å². The van der Waals surface area contributed by atoms with Crippen molar-refractivity contribution in [3.8, 4) is 11.3 Å². The van der Waals surface area contributed by atoms with Crippen LogP contribution >= 0.6 is 0 Å². The van der Waals surface area contributed by atoms with Crippen molar-refractivity contribution in [2.24, 2.45) is 0 Å². The van der Waals surface area contributed by atoms with Crippen LogP contribution in [-0.2, 0) is 16.8 Å². The van der Waals surface area contributed by atoms with Crippen LogP contribution in [0.5, 0.6) is 0 Å². The molecule has 4 aromatic rings. The normalized spacial score (nSPS) is 15.4. The summed E-state index contributed by atoms with van der Waals surface area (Å²) in [4.78, 5) is 15.4. The van der Waals surface area contributed by atoms with Crippen LogP contribution in [0.15, 0.2) is 59.8 Å². The molecule has 0 atom stereocenters. The largest absolute Gasteiger partial charge is 0.316 e. The predicted octanol–water partition coefficient (Wildman–Crippen LogP) is 3.49. The van der Waals surface area contributed by atoms with E-state index in [4.69, 9.17) is 0 Å². The summed E-state index contributed by atoms with van der Waals surface area (Å²) in [7, 11) is 1.88. The second-order valence-corrected chi connectivity index (χ2v) is 8.39. The number of nitrogens with one attached hydrogen (secondary N) is 1. The third-order valence-corrected chi connectivity index (χ3v) is 6.08. The zero-order chi connectivity index (χ0) is 21.8. The number of carbonyl (C=O) groups is 1. The Hall–Kier alpha value is -3.81. The van der Waals surface area contributed by atoms with E-state index in [0.717, 1.165) is 33.4 Å². The molecular weight excluding hydrogens is 390 g/mol. The number of hydrogen-bond acceptors (Lipinski definition) is 6. The number of fused-ring (bicyclic) bond motifs is 2. The minimum atomic E-state index is -0.637. The number of anilines is 1. The lowest BCUT2D eigenvalue weighted by Gasteiger charge is -2.37. The lowest BCUT2D eigenvalue weighted by molar-refractivity contribution is -0.116. The molecule has 8 nitrogen and oxygen atoms in total. The molecule has 1 aliphatic rings. The highest BCUT2D eigenvalue weighted by Gasteiger charge is 2.41. The molecular formula is C23H23N7O. The van der Waals surface area contributed by atoms with Gasteiger partial charge in [0.25, 0.3) is 0 Å². The zero-order valence-corrected chi connectivity index (χ0v) is 17.9. The Kier molecular flexibility index (Phi) is 4.25. The molecule has 2 aromatic heterocycles. The minimum Gasteiger partial charge on any atom is -0.316 e. The summed E-state index contributed by atoms with van der Waals surface area (Å²) < 4.78 is 1.71. The number of rotatable bonds is 4. The van der Waals surface area contributed by atoms with Crippen molar-refractivity contribution >= 4 is 22.6 Å². The van der Waals surface area contributed by atoms with E-state index in [0.29, 0.717) is 11.5 Å². The number of nitrogens with zero attached hydrogens (tertiary/aromatic N) is 6. The highest BCUT2D eigenvalue weighted by atomic mass is 16.1. The van der Waals surface area contributed by atoms with Crippen LogP contribution in [0.1, 0.15) is 26.3 Å². The Bertz CT molecular complexity index is 1330. The van der Waals surface area contributed by atoms with E-state index in [1.807, 2.05) is 75.2 Å². The van der Waals surface area contributed by atoms with Gasteiger partial charge in [0.1, 0.15) is 0 Å². The fourth-order valence-electron chi connectivity index (χ4n) is 4.42. The summed E-state index contributed by atoms with van der Waals surface area (Å²) in [6.45, 7) is 5.90. The third kappa shape index (κ3) is 2.94. The predicted molar refractivity (Wildman–Crippen MR) is 118 cm³/mol. The second kappa shape index (κ2) is 6.87. The lowest BCUT2D eigenvalue weighted by Crippen LogP contribution is -2.43. The van der Waals surface area contributed by atoms with E-state index < -0.39 is 5.54 Å². The summed E-state index contributed by atoms with van der Waals surface area (Å²) in [5, 5.41) is 20.6. The van der Waals surface area contributed by atoms with E-state index in [-0.39, 0.29) is 12.2 Å². The average molecular weight is 413 g/mol. The molecule has 0 amide bonds. The standard InChI is InChI=1S/C23H23N7O/c1-14-20(23(2,3)30-22(29(14)4)26-27-28-30)19(31)13-15-10-11-18-17(12-15)21(25-24-18)16-8-6-5-7-9-16/h5-12H,13H2,1-4H3,(H,24,25). The smallest absolute Gasteiger partial charge is 0.250 e. The van der Waals surface area contributed by atoms with E-state index in [2.05, 4.69) is 31.8 Å². The first kappa shape index (κ1) is 19.2. The van der Waals surface area contributed by atoms with Gasteiger partial charge in [-0.15, -0.1) is 0 Å². The van der Waals surface area contributed by atoms with Crippen molar-refractivity contribution in [1.82, 2.24) is 30.4 Å². The molecule has 0 saturated heterocycles. The topological polar surface area (TPSA) is 92.6 Å². The maximum atomic E-state index is 13.5. The maximum absolute atomic E-state index is 13.5. The summed E-state index contributed by atoms with van der Waals surface area (Å²) >= 11 is 0. The summed E-state index contributed by atoms with van der Waals surface area (Å²) in [6.07, 6.45) is 0.288. The van der Waals surface area contributed by atoms with Gasteiger partial charge in [0.2, 0.25) is 5.95 Å². The number of H-pyrrole nitrogens is 1. The van der Waals surface area contributed by atoms with Crippen molar-refractivity contribution in [1.29, 1.82) is 0 Å². The van der Waals surface area contributed by atoms with Crippen LogP contribution in [-0.4, -0.2) is 43.2 Å². The van der Waals surface area contributed by atoms with Crippen LogP contribution in [0.2, 0.25) is 0 Å². The van der Waals surface area contributed by atoms with Gasteiger partial charge in [0.05, 0.1) is 16.7 Å². The Balaban J connectivity index is 1.51. The van der Waals surface area contributed by atoms with Gasteiger partial charge in [-0.2, -0.15) is 5.10 Å². The number of ketones is 1. The monoisotopic (exact) mass is 413 g/mol. The number of aromatic amines is 1. The average Bonchev–Trinajstić information content (AvgIpc) is 3.40. The summed E-state index contributed by atoms with van der Waals surface area (Å²) in [5.41, 5.74) is 4.76. The van der Waals surface area contributed by atoms with Gasteiger partial charge in [-0.3, -0.25) is 9.89 Å². The molecule has 156 valence electrons. The molecule has 5 rings (SSSR count). The van der Waals surface area contributed by atoms with Gasteiger partial charge in [0.15, 0.2) is 5.78 Å². The van der Waals surface area contributed by atoms with Crippen LogP contribution in [0.3, 0.4) is 0 Å². The Morgan fingerprint density at radius 2 is 1.90 bits per heavy atom. The summed E-state index contributed by atoms with van der Waals surface area (Å²) in [5.74, 6) is 0.686. The highest BCUT2D eigenvalue weighted by Crippen LogP contribution is 2.37. The quantitative estimate of drug-likeness (QED) is 0.551. The number of hydrogen-bond donors (Lipinski definition) is 1. The van der Waals surface area contributed by atoms with E-state index >= 15 is 0 Å². The molecule has 0 spiro atoms. The number of aromatic nitrogens is 6. The van der Waals surface area contributed by atoms with Gasteiger partial charge in [-0.25, -0.2) is 4.68 Å². The molecule has 0 bridgehead atoms. The van der Waals surface area contributed by atoms with Gasteiger partial charge in [-0.05, 0) is 48.9 Å². The number of tetrazole rings is 1. The first-order valence-electron chi connectivity index (χ1n) is 10.2.